The first-order valence-electron chi connectivity index (χ1n) is 9.51. The zero-order valence-corrected chi connectivity index (χ0v) is 18.6. The Balaban J connectivity index is 0.000000320. The van der Waals surface area contributed by atoms with Crippen molar-refractivity contribution in [1.29, 1.82) is 0 Å². The van der Waals surface area contributed by atoms with Crippen molar-refractivity contribution in [2.45, 2.75) is 18.9 Å². The Hall–Kier alpha value is -2.55. The van der Waals surface area contributed by atoms with E-state index in [0.29, 0.717) is 5.56 Å². The van der Waals surface area contributed by atoms with Gasteiger partial charge in [0.15, 0.2) is 5.78 Å². The van der Waals surface area contributed by atoms with Crippen LogP contribution >= 0.6 is 23.2 Å². The fourth-order valence-electron chi connectivity index (χ4n) is 2.39. The number of hydrogen-bond acceptors (Lipinski definition) is 6. The molecule has 2 rings (SSSR count). The molecule has 6 nitrogen and oxygen atoms in total. The van der Waals surface area contributed by atoms with Gasteiger partial charge in [0.1, 0.15) is 31.3 Å². The predicted octanol–water partition coefficient (Wildman–Crippen LogP) is 4.18. The molecule has 32 heavy (non-hydrogen) atoms. The predicted molar refractivity (Wildman–Crippen MR) is 117 cm³/mol. The standard InChI is InChI=1S/C11H13ClFNO2.C11H10ClFO3/c2*12-5-6-16-11(15)7-10(14)8-3-1-2-4-9(8)13/h1-4,10H,5-7,14H2;1-4H,5-7H2/t10-;/m1./s1. The molecule has 0 radical (unpaired) electrons. The number of halogens is 4. The summed E-state index contributed by atoms with van der Waals surface area (Å²) in [5.41, 5.74) is 5.90. The molecule has 0 aromatic heterocycles. The van der Waals surface area contributed by atoms with Crippen molar-refractivity contribution in [2.24, 2.45) is 5.73 Å². The van der Waals surface area contributed by atoms with E-state index in [1.165, 1.54) is 24.3 Å². The molecule has 0 heterocycles. The molecular formula is C22H23Cl2F2NO5. The lowest BCUT2D eigenvalue weighted by atomic mass is 10.0. The summed E-state index contributed by atoms with van der Waals surface area (Å²) >= 11 is 10.7. The summed E-state index contributed by atoms with van der Waals surface area (Å²) in [7, 11) is 0. The average molecular weight is 490 g/mol. The molecule has 0 aliphatic carbocycles. The van der Waals surface area contributed by atoms with Gasteiger partial charge < -0.3 is 15.2 Å². The highest BCUT2D eigenvalue weighted by Crippen LogP contribution is 2.17. The molecule has 1 atom stereocenters. The Morgan fingerprint density at radius 2 is 1.38 bits per heavy atom. The number of hydrogen-bond donors (Lipinski definition) is 1. The minimum Gasteiger partial charge on any atom is -0.464 e. The third-order valence-electron chi connectivity index (χ3n) is 3.85. The summed E-state index contributed by atoms with van der Waals surface area (Å²) in [4.78, 5) is 33.8. The van der Waals surface area contributed by atoms with Crippen molar-refractivity contribution in [1.82, 2.24) is 0 Å². The van der Waals surface area contributed by atoms with Gasteiger partial charge in [-0.2, -0.15) is 0 Å². The summed E-state index contributed by atoms with van der Waals surface area (Å²) < 4.78 is 35.8. The Morgan fingerprint density at radius 1 is 0.844 bits per heavy atom. The van der Waals surface area contributed by atoms with E-state index in [4.69, 9.17) is 33.7 Å². The highest BCUT2D eigenvalue weighted by molar-refractivity contribution is 6.18. The number of Topliss-reactive ketones (excluding diaryl/α,β-unsaturated/α-hetero) is 1. The first-order chi connectivity index (χ1) is 15.3. The molecular weight excluding hydrogens is 467 g/mol. The van der Waals surface area contributed by atoms with Gasteiger partial charge in [-0.1, -0.05) is 30.3 Å². The first-order valence-corrected chi connectivity index (χ1v) is 10.6. The van der Waals surface area contributed by atoms with E-state index in [1.54, 1.807) is 18.2 Å². The third kappa shape index (κ3) is 10.2. The molecule has 0 unspecified atom stereocenters. The maximum atomic E-state index is 13.3. The molecule has 10 heteroatoms. The Morgan fingerprint density at radius 3 is 1.94 bits per heavy atom. The number of esters is 2. The number of ether oxygens (including phenoxy) is 2. The SMILES string of the molecule is N[C@H](CC(=O)OCCCl)c1ccccc1F.O=C(CC(=O)c1ccccc1F)OCCCl. The van der Waals surface area contributed by atoms with E-state index < -0.39 is 41.8 Å². The molecule has 0 spiro atoms. The zero-order chi connectivity index (χ0) is 23.9. The molecule has 174 valence electrons. The molecule has 0 amide bonds. The molecule has 2 aromatic carbocycles. The number of alkyl halides is 2. The van der Waals surface area contributed by atoms with E-state index in [9.17, 15) is 23.2 Å². The van der Waals surface area contributed by atoms with Gasteiger partial charge in [-0.3, -0.25) is 14.4 Å². The van der Waals surface area contributed by atoms with Crippen LogP contribution in [0.4, 0.5) is 8.78 Å². The van der Waals surface area contributed by atoms with E-state index in [2.05, 4.69) is 4.74 Å². The van der Waals surface area contributed by atoms with Gasteiger partial charge in [0.05, 0.1) is 23.7 Å². The van der Waals surface area contributed by atoms with Crippen molar-refractivity contribution >= 4 is 40.9 Å². The smallest absolute Gasteiger partial charge is 0.313 e. The van der Waals surface area contributed by atoms with Gasteiger partial charge in [0.25, 0.3) is 0 Å². The monoisotopic (exact) mass is 489 g/mol. The van der Waals surface area contributed by atoms with Crippen LogP contribution in [-0.2, 0) is 19.1 Å². The maximum absolute atomic E-state index is 13.3. The number of ketones is 1. The van der Waals surface area contributed by atoms with Crippen LogP contribution in [-0.4, -0.2) is 42.7 Å². The van der Waals surface area contributed by atoms with Crippen molar-refractivity contribution in [3.63, 3.8) is 0 Å². The minimum absolute atomic E-state index is 0.0466. The van der Waals surface area contributed by atoms with Crippen molar-refractivity contribution in [2.75, 3.05) is 25.0 Å². The topological polar surface area (TPSA) is 95.7 Å². The summed E-state index contributed by atoms with van der Waals surface area (Å²) in [6.45, 7) is 0.190. The molecule has 0 aliphatic rings. The van der Waals surface area contributed by atoms with Crippen LogP contribution in [0.2, 0.25) is 0 Å². The lowest BCUT2D eigenvalue weighted by Crippen LogP contribution is -2.18. The second-order valence-corrected chi connectivity index (χ2v) is 6.99. The normalized spacial score (nSPS) is 11.0. The molecule has 0 saturated carbocycles. The second-order valence-electron chi connectivity index (χ2n) is 6.23. The Kier molecular flexibility index (Phi) is 13.1. The van der Waals surface area contributed by atoms with Crippen LogP contribution in [0.5, 0.6) is 0 Å². The van der Waals surface area contributed by atoms with Crippen LogP contribution < -0.4 is 5.73 Å². The highest BCUT2D eigenvalue weighted by Gasteiger charge is 2.16. The fraction of sp³-hybridized carbons (Fsp3) is 0.318. The van der Waals surface area contributed by atoms with E-state index in [0.717, 1.165) is 6.07 Å². The second kappa shape index (κ2) is 15.3. The van der Waals surface area contributed by atoms with Gasteiger partial charge >= 0.3 is 11.9 Å². The van der Waals surface area contributed by atoms with Crippen LogP contribution in [0, 0.1) is 11.6 Å². The quantitative estimate of drug-likeness (QED) is 0.233. The van der Waals surface area contributed by atoms with Gasteiger partial charge in [0, 0.05) is 11.6 Å². The lowest BCUT2D eigenvalue weighted by molar-refractivity contribution is -0.143. The summed E-state index contributed by atoms with van der Waals surface area (Å²) in [6.07, 6.45) is -0.532. The van der Waals surface area contributed by atoms with Gasteiger partial charge in [0.2, 0.25) is 0 Å². The van der Waals surface area contributed by atoms with Gasteiger partial charge in [-0.15, -0.1) is 23.2 Å². The zero-order valence-electron chi connectivity index (χ0n) is 17.1. The van der Waals surface area contributed by atoms with Crippen molar-refractivity contribution < 1.29 is 32.6 Å². The molecule has 0 bridgehead atoms. The van der Waals surface area contributed by atoms with Gasteiger partial charge in [-0.25, -0.2) is 8.78 Å². The van der Waals surface area contributed by atoms with E-state index in [-0.39, 0.29) is 37.0 Å². The lowest BCUT2D eigenvalue weighted by Gasteiger charge is -2.11. The van der Waals surface area contributed by atoms with Crippen LogP contribution in [0.15, 0.2) is 48.5 Å². The molecule has 0 fully saturated rings. The number of carbonyl (C=O) groups is 3. The van der Waals surface area contributed by atoms with Crippen LogP contribution in [0.25, 0.3) is 0 Å². The number of nitrogens with two attached hydrogens (primary N) is 1. The molecule has 2 aromatic rings. The maximum Gasteiger partial charge on any atom is 0.313 e. The van der Waals surface area contributed by atoms with E-state index in [1.807, 2.05) is 0 Å². The van der Waals surface area contributed by atoms with Crippen molar-refractivity contribution in [3.8, 4) is 0 Å². The van der Waals surface area contributed by atoms with Gasteiger partial charge in [-0.05, 0) is 18.2 Å². The molecule has 2 N–H and O–H groups in total. The molecule has 0 aliphatic heterocycles. The van der Waals surface area contributed by atoms with Crippen LogP contribution in [0.3, 0.4) is 0 Å². The summed E-state index contributed by atoms with van der Waals surface area (Å²) in [5.74, 6) is -2.43. The largest absolute Gasteiger partial charge is 0.464 e. The summed E-state index contributed by atoms with van der Waals surface area (Å²) in [5, 5.41) is 0. The number of rotatable bonds is 10. The Bertz CT molecular complexity index is 898. The first kappa shape index (κ1) is 27.5. The Labute approximate surface area is 194 Å². The summed E-state index contributed by atoms with van der Waals surface area (Å²) in [6, 6.07) is 10.9. The number of carbonyl (C=O) groups excluding carboxylic acids is 3. The van der Waals surface area contributed by atoms with Crippen LogP contribution in [0.1, 0.15) is 34.8 Å². The van der Waals surface area contributed by atoms with Crippen molar-refractivity contribution in [3.05, 3.63) is 71.3 Å². The number of benzene rings is 2. The fourth-order valence-corrected chi connectivity index (χ4v) is 2.55. The average Bonchev–Trinajstić information content (AvgIpc) is 2.77. The molecule has 0 saturated heterocycles. The van der Waals surface area contributed by atoms with E-state index >= 15 is 0 Å². The third-order valence-corrected chi connectivity index (χ3v) is 4.16. The highest BCUT2D eigenvalue weighted by atomic mass is 35.5. The minimum atomic E-state index is -0.700.